The SMILES string of the molecule is COc1cc(C)c(C2(C)CCCN2)cc1C(C)C. The third kappa shape index (κ3) is 2.26. The van der Waals surface area contributed by atoms with Crippen LogP contribution in [0.15, 0.2) is 12.1 Å². The van der Waals surface area contributed by atoms with E-state index in [0.717, 1.165) is 12.3 Å². The van der Waals surface area contributed by atoms with Crippen LogP contribution in [0.4, 0.5) is 0 Å². The highest BCUT2D eigenvalue weighted by molar-refractivity contribution is 5.46. The van der Waals surface area contributed by atoms with Crippen molar-refractivity contribution in [3.8, 4) is 5.75 Å². The molecule has 0 amide bonds. The zero-order chi connectivity index (χ0) is 13.3. The number of hydrogen-bond donors (Lipinski definition) is 1. The van der Waals surface area contributed by atoms with Crippen LogP contribution in [-0.4, -0.2) is 13.7 Å². The lowest BCUT2D eigenvalue weighted by Gasteiger charge is -2.29. The highest BCUT2D eigenvalue weighted by Gasteiger charge is 2.32. The summed E-state index contributed by atoms with van der Waals surface area (Å²) in [5.41, 5.74) is 4.21. The Morgan fingerprint density at radius 3 is 2.56 bits per heavy atom. The predicted octanol–water partition coefficient (Wildman–Crippen LogP) is 3.73. The van der Waals surface area contributed by atoms with Gasteiger partial charge in [-0.05, 0) is 68.0 Å². The van der Waals surface area contributed by atoms with Crippen molar-refractivity contribution < 1.29 is 4.74 Å². The van der Waals surface area contributed by atoms with Crippen LogP contribution < -0.4 is 10.1 Å². The molecular weight excluding hydrogens is 222 g/mol. The van der Waals surface area contributed by atoms with E-state index in [0.29, 0.717) is 5.92 Å². The molecular formula is C16H25NO. The fourth-order valence-corrected chi connectivity index (χ4v) is 3.05. The summed E-state index contributed by atoms with van der Waals surface area (Å²) in [6.07, 6.45) is 2.48. The summed E-state index contributed by atoms with van der Waals surface area (Å²) in [6.45, 7) is 10.1. The van der Waals surface area contributed by atoms with Crippen LogP contribution in [-0.2, 0) is 5.54 Å². The predicted molar refractivity (Wildman–Crippen MR) is 76.4 cm³/mol. The molecule has 1 heterocycles. The van der Waals surface area contributed by atoms with Gasteiger partial charge in [-0.1, -0.05) is 13.8 Å². The standard InChI is InChI=1S/C16H25NO/c1-11(2)13-10-14(12(3)9-15(13)18-5)16(4)7-6-8-17-16/h9-11,17H,6-8H2,1-5H3. The molecule has 2 heteroatoms. The average molecular weight is 247 g/mol. The van der Waals surface area contributed by atoms with E-state index in [9.17, 15) is 0 Å². The second-order valence-corrected chi connectivity index (χ2v) is 5.93. The van der Waals surface area contributed by atoms with Crippen LogP contribution in [0.25, 0.3) is 0 Å². The molecule has 1 atom stereocenters. The van der Waals surface area contributed by atoms with E-state index in [1.807, 2.05) is 0 Å². The van der Waals surface area contributed by atoms with Gasteiger partial charge in [-0.25, -0.2) is 0 Å². The number of benzene rings is 1. The van der Waals surface area contributed by atoms with Gasteiger partial charge in [0.05, 0.1) is 7.11 Å². The number of ether oxygens (including phenoxy) is 1. The Bertz CT molecular complexity index is 431. The number of methoxy groups -OCH3 is 1. The Morgan fingerprint density at radius 2 is 2.06 bits per heavy atom. The molecule has 18 heavy (non-hydrogen) atoms. The first-order valence-corrected chi connectivity index (χ1v) is 6.92. The van der Waals surface area contributed by atoms with E-state index in [-0.39, 0.29) is 5.54 Å². The molecule has 0 radical (unpaired) electrons. The molecule has 2 rings (SSSR count). The van der Waals surface area contributed by atoms with E-state index in [1.54, 1.807) is 7.11 Å². The fraction of sp³-hybridized carbons (Fsp3) is 0.625. The van der Waals surface area contributed by atoms with Crippen LogP contribution in [0.2, 0.25) is 0 Å². The first-order valence-electron chi connectivity index (χ1n) is 6.92. The molecule has 0 aliphatic carbocycles. The first-order chi connectivity index (χ1) is 8.48. The van der Waals surface area contributed by atoms with Crippen molar-refractivity contribution >= 4 is 0 Å². The summed E-state index contributed by atoms with van der Waals surface area (Å²) in [5, 5.41) is 3.65. The molecule has 1 fully saturated rings. The molecule has 1 aromatic carbocycles. The van der Waals surface area contributed by atoms with E-state index < -0.39 is 0 Å². The number of hydrogen-bond acceptors (Lipinski definition) is 2. The smallest absolute Gasteiger partial charge is 0.122 e. The minimum atomic E-state index is 0.139. The molecule has 0 saturated carbocycles. The van der Waals surface area contributed by atoms with E-state index >= 15 is 0 Å². The summed E-state index contributed by atoms with van der Waals surface area (Å²) >= 11 is 0. The van der Waals surface area contributed by atoms with Crippen LogP contribution >= 0.6 is 0 Å². The van der Waals surface area contributed by atoms with Crippen molar-refractivity contribution in [2.75, 3.05) is 13.7 Å². The normalized spacial score (nSPS) is 23.7. The lowest BCUT2D eigenvalue weighted by atomic mass is 9.84. The third-order valence-electron chi connectivity index (χ3n) is 4.16. The van der Waals surface area contributed by atoms with Crippen molar-refractivity contribution in [2.24, 2.45) is 0 Å². The monoisotopic (exact) mass is 247 g/mol. The van der Waals surface area contributed by atoms with Crippen molar-refractivity contribution in [1.29, 1.82) is 0 Å². The van der Waals surface area contributed by atoms with Gasteiger partial charge in [0.25, 0.3) is 0 Å². The average Bonchev–Trinajstić information content (AvgIpc) is 2.76. The van der Waals surface area contributed by atoms with Crippen molar-refractivity contribution in [3.63, 3.8) is 0 Å². The molecule has 1 aromatic rings. The summed E-state index contributed by atoms with van der Waals surface area (Å²) < 4.78 is 5.52. The van der Waals surface area contributed by atoms with Gasteiger partial charge in [0, 0.05) is 5.54 Å². The number of nitrogens with one attached hydrogen (secondary N) is 1. The Hall–Kier alpha value is -1.02. The molecule has 1 saturated heterocycles. The maximum absolute atomic E-state index is 5.52. The van der Waals surface area contributed by atoms with E-state index in [2.05, 4.69) is 45.1 Å². The Morgan fingerprint density at radius 1 is 1.33 bits per heavy atom. The number of aryl methyl sites for hydroxylation is 1. The third-order valence-corrected chi connectivity index (χ3v) is 4.16. The van der Waals surface area contributed by atoms with E-state index in [4.69, 9.17) is 4.74 Å². The van der Waals surface area contributed by atoms with Gasteiger partial charge in [0.1, 0.15) is 5.75 Å². The Balaban J connectivity index is 2.51. The van der Waals surface area contributed by atoms with Crippen LogP contribution in [0.3, 0.4) is 0 Å². The summed E-state index contributed by atoms with van der Waals surface area (Å²) in [4.78, 5) is 0. The van der Waals surface area contributed by atoms with Gasteiger partial charge in [0.2, 0.25) is 0 Å². The van der Waals surface area contributed by atoms with Crippen LogP contribution in [0.1, 0.15) is 56.2 Å². The maximum Gasteiger partial charge on any atom is 0.122 e. The number of rotatable bonds is 3. The van der Waals surface area contributed by atoms with Gasteiger partial charge >= 0.3 is 0 Å². The van der Waals surface area contributed by atoms with Crippen molar-refractivity contribution in [1.82, 2.24) is 5.32 Å². The molecule has 2 nitrogen and oxygen atoms in total. The van der Waals surface area contributed by atoms with Gasteiger partial charge in [-0.3, -0.25) is 0 Å². The molecule has 1 aliphatic rings. The maximum atomic E-state index is 5.52. The van der Waals surface area contributed by atoms with Gasteiger partial charge in [-0.15, -0.1) is 0 Å². The summed E-state index contributed by atoms with van der Waals surface area (Å²) in [5.74, 6) is 1.51. The van der Waals surface area contributed by atoms with Gasteiger partial charge < -0.3 is 10.1 Å². The van der Waals surface area contributed by atoms with Crippen molar-refractivity contribution in [3.05, 3.63) is 28.8 Å². The lowest BCUT2D eigenvalue weighted by molar-refractivity contribution is 0.402. The zero-order valence-electron chi connectivity index (χ0n) is 12.3. The molecule has 1 unspecified atom stereocenters. The van der Waals surface area contributed by atoms with E-state index in [1.165, 1.54) is 29.5 Å². The lowest BCUT2D eigenvalue weighted by Crippen LogP contribution is -2.34. The Labute approximate surface area is 111 Å². The van der Waals surface area contributed by atoms with Crippen molar-refractivity contribution in [2.45, 2.75) is 52.0 Å². The molecule has 0 bridgehead atoms. The topological polar surface area (TPSA) is 21.3 Å². The second kappa shape index (κ2) is 4.93. The fourth-order valence-electron chi connectivity index (χ4n) is 3.05. The molecule has 1 N–H and O–H groups in total. The highest BCUT2D eigenvalue weighted by Crippen LogP contribution is 2.37. The molecule has 1 aliphatic heterocycles. The van der Waals surface area contributed by atoms with Crippen LogP contribution in [0, 0.1) is 6.92 Å². The second-order valence-electron chi connectivity index (χ2n) is 5.93. The molecule has 0 spiro atoms. The first kappa shape index (κ1) is 13.4. The highest BCUT2D eigenvalue weighted by atomic mass is 16.5. The van der Waals surface area contributed by atoms with Crippen LogP contribution in [0.5, 0.6) is 5.75 Å². The minimum absolute atomic E-state index is 0.139. The quantitative estimate of drug-likeness (QED) is 0.879. The summed E-state index contributed by atoms with van der Waals surface area (Å²) in [6, 6.07) is 4.53. The van der Waals surface area contributed by atoms with Gasteiger partial charge in [-0.2, -0.15) is 0 Å². The molecule has 0 aromatic heterocycles. The zero-order valence-corrected chi connectivity index (χ0v) is 12.3. The van der Waals surface area contributed by atoms with Gasteiger partial charge in [0.15, 0.2) is 0 Å². The summed E-state index contributed by atoms with van der Waals surface area (Å²) in [7, 11) is 1.76. The minimum Gasteiger partial charge on any atom is -0.496 e. The largest absolute Gasteiger partial charge is 0.496 e. The Kier molecular flexibility index (Phi) is 3.67. The molecule has 100 valence electrons.